The SMILES string of the molecule is CC(C)c1cccc(C(C)C)c1-n1cc[n+](-c2c(C(C)C)cccc2C(C)C)c1.Cl. The van der Waals surface area contributed by atoms with Crippen LogP contribution in [0.2, 0.25) is 0 Å². The first-order valence-electron chi connectivity index (χ1n) is 11.1. The Hall–Kier alpha value is -2.06. The molecule has 2 nitrogen and oxygen atoms in total. The minimum absolute atomic E-state index is 0. The van der Waals surface area contributed by atoms with Gasteiger partial charge in [0.25, 0.3) is 6.33 Å². The largest absolute Gasteiger partial charge is 0.254 e. The van der Waals surface area contributed by atoms with E-state index in [0.717, 1.165) is 0 Å². The third-order valence-electron chi connectivity index (χ3n) is 5.84. The van der Waals surface area contributed by atoms with Gasteiger partial charge in [-0.25, -0.2) is 9.13 Å². The molecule has 0 spiro atoms. The number of halogens is 1. The van der Waals surface area contributed by atoms with Crippen molar-refractivity contribution >= 4 is 12.4 Å². The summed E-state index contributed by atoms with van der Waals surface area (Å²) >= 11 is 0. The minimum atomic E-state index is 0. The van der Waals surface area contributed by atoms with Crippen molar-refractivity contribution in [3.63, 3.8) is 0 Å². The first-order chi connectivity index (χ1) is 13.7. The van der Waals surface area contributed by atoms with Gasteiger partial charge in [-0.3, -0.25) is 0 Å². The van der Waals surface area contributed by atoms with Gasteiger partial charge in [0.15, 0.2) is 0 Å². The number of nitrogens with zero attached hydrogens (tertiary/aromatic N) is 2. The maximum Gasteiger partial charge on any atom is 0.254 e. The average Bonchev–Trinajstić information content (AvgIpc) is 3.15. The first-order valence-corrected chi connectivity index (χ1v) is 11.1. The van der Waals surface area contributed by atoms with E-state index in [9.17, 15) is 0 Å². The van der Waals surface area contributed by atoms with Crippen LogP contribution in [-0.4, -0.2) is 4.57 Å². The highest BCUT2D eigenvalue weighted by Gasteiger charge is 2.23. The fourth-order valence-electron chi connectivity index (χ4n) is 4.24. The van der Waals surface area contributed by atoms with E-state index in [1.54, 1.807) is 0 Å². The van der Waals surface area contributed by atoms with Crippen LogP contribution in [0.15, 0.2) is 55.1 Å². The molecule has 0 bridgehead atoms. The lowest BCUT2D eigenvalue weighted by Crippen LogP contribution is -2.31. The number of hydrogen-bond acceptors (Lipinski definition) is 0. The van der Waals surface area contributed by atoms with E-state index in [4.69, 9.17) is 0 Å². The summed E-state index contributed by atoms with van der Waals surface area (Å²) in [5, 5.41) is 0. The summed E-state index contributed by atoms with van der Waals surface area (Å²) < 4.78 is 4.65. The Morgan fingerprint density at radius 3 is 1.43 bits per heavy atom. The second-order valence-electron chi connectivity index (χ2n) is 9.42. The normalized spacial score (nSPS) is 11.6. The molecule has 1 aromatic heterocycles. The number of rotatable bonds is 6. The molecular weight excluding hydrogens is 388 g/mol. The zero-order valence-corrected chi connectivity index (χ0v) is 20.6. The fraction of sp³-hybridized carbons (Fsp3) is 0.444. The maximum absolute atomic E-state index is 2.33. The second kappa shape index (κ2) is 9.83. The lowest BCUT2D eigenvalue weighted by Gasteiger charge is -2.17. The molecule has 0 unspecified atom stereocenters. The molecule has 0 radical (unpaired) electrons. The standard InChI is InChI=1S/C27H37N2.ClH/c1-18(2)22-11-9-12-23(19(3)4)26(22)28-15-16-29(17-28)27-24(20(5)6)13-10-14-25(27)21(7)8;/h9-21H,1-8H3;1H/q+1;. The predicted molar refractivity (Wildman–Crippen MR) is 131 cm³/mol. The van der Waals surface area contributed by atoms with Crippen LogP contribution in [0.25, 0.3) is 11.4 Å². The molecule has 0 atom stereocenters. The van der Waals surface area contributed by atoms with Gasteiger partial charge in [-0.05, 0) is 23.7 Å². The average molecular weight is 426 g/mol. The molecule has 30 heavy (non-hydrogen) atoms. The molecule has 162 valence electrons. The molecule has 0 saturated heterocycles. The van der Waals surface area contributed by atoms with Crippen molar-refractivity contribution in [3.05, 3.63) is 77.4 Å². The van der Waals surface area contributed by atoms with Gasteiger partial charge in [0.2, 0.25) is 0 Å². The molecule has 0 saturated carbocycles. The Bertz CT molecular complexity index is 850. The van der Waals surface area contributed by atoms with Crippen LogP contribution in [0.4, 0.5) is 0 Å². The summed E-state index contributed by atoms with van der Waals surface area (Å²) in [5.41, 5.74) is 8.29. The monoisotopic (exact) mass is 425 g/mol. The fourth-order valence-corrected chi connectivity index (χ4v) is 4.24. The quantitative estimate of drug-likeness (QED) is 0.358. The Balaban J connectivity index is 0.00000320. The van der Waals surface area contributed by atoms with Crippen LogP contribution in [0.5, 0.6) is 0 Å². The van der Waals surface area contributed by atoms with Gasteiger partial charge < -0.3 is 0 Å². The zero-order valence-electron chi connectivity index (χ0n) is 19.8. The number of para-hydroxylation sites is 2. The van der Waals surface area contributed by atoms with Gasteiger partial charge in [0, 0.05) is 22.3 Å². The van der Waals surface area contributed by atoms with Gasteiger partial charge >= 0.3 is 0 Å². The number of aromatic nitrogens is 2. The van der Waals surface area contributed by atoms with Crippen molar-refractivity contribution in [1.29, 1.82) is 0 Å². The molecule has 0 aliphatic rings. The lowest BCUT2D eigenvalue weighted by molar-refractivity contribution is -0.596. The van der Waals surface area contributed by atoms with Crippen LogP contribution < -0.4 is 4.57 Å². The molecule has 0 N–H and O–H groups in total. The Labute approximate surface area is 189 Å². The summed E-state index contributed by atoms with van der Waals surface area (Å²) in [4.78, 5) is 0. The smallest absolute Gasteiger partial charge is 0.201 e. The second-order valence-corrected chi connectivity index (χ2v) is 9.42. The summed E-state index contributed by atoms with van der Waals surface area (Å²) in [6, 6.07) is 13.5. The molecule has 0 aliphatic carbocycles. The van der Waals surface area contributed by atoms with Gasteiger partial charge in [-0.15, -0.1) is 12.4 Å². The van der Waals surface area contributed by atoms with Crippen molar-refractivity contribution in [2.24, 2.45) is 0 Å². The van der Waals surface area contributed by atoms with Gasteiger partial charge in [-0.1, -0.05) is 91.8 Å². The van der Waals surface area contributed by atoms with Crippen LogP contribution >= 0.6 is 12.4 Å². The molecular formula is C27H38ClN2+. The molecule has 3 heteroatoms. The van der Waals surface area contributed by atoms with E-state index < -0.39 is 0 Å². The summed E-state index contributed by atoms with van der Waals surface area (Å²) in [6.45, 7) is 18.3. The third kappa shape index (κ3) is 4.64. The minimum Gasteiger partial charge on any atom is -0.201 e. The van der Waals surface area contributed by atoms with Crippen LogP contribution in [0.3, 0.4) is 0 Å². The molecule has 0 fully saturated rings. The summed E-state index contributed by atoms with van der Waals surface area (Å²) in [6.07, 6.45) is 6.70. The van der Waals surface area contributed by atoms with Crippen LogP contribution in [-0.2, 0) is 0 Å². The van der Waals surface area contributed by atoms with Crippen molar-refractivity contribution in [2.75, 3.05) is 0 Å². The van der Waals surface area contributed by atoms with Gasteiger partial charge in [-0.2, -0.15) is 0 Å². The Kier molecular flexibility index (Phi) is 7.93. The summed E-state index contributed by atoms with van der Waals surface area (Å²) in [7, 11) is 0. The first kappa shape index (κ1) is 24.2. The van der Waals surface area contributed by atoms with Crippen LogP contribution in [0.1, 0.15) is 101 Å². The predicted octanol–water partition coefficient (Wildman–Crippen LogP) is 7.67. The van der Waals surface area contributed by atoms with Gasteiger partial charge in [0.05, 0.1) is 0 Å². The Morgan fingerprint density at radius 2 is 1.03 bits per heavy atom. The van der Waals surface area contributed by atoms with E-state index in [-0.39, 0.29) is 12.4 Å². The van der Waals surface area contributed by atoms with Gasteiger partial charge in [0.1, 0.15) is 23.8 Å². The molecule has 3 rings (SSSR count). The topological polar surface area (TPSA) is 8.81 Å². The highest BCUT2D eigenvalue weighted by Crippen LogP contribution is 2.32. The third-order valence-corrected chi connectivity index (χ3v) is 5.84. The van der Waals surface area contributed by atoms with Crippen molar-refractivity contribution in [1.82, 2.24) is 4.57 Å². The van der Waals surface area contributed by atoms with E-state index in [2.05, 4.69) is 120 Å². The van der Waals surface area contributed by atoms with Crippen molar-refractivity contribution in [3.8, 4) is 11.4 Å². The van der Waals surface area contributed by atoms with E-state index in [1.807, 2.05) is 0 Å². The number of imidazole rings is 1. The van der Waals surface area contributed by atoms with E-state index in [0.29, 0.717) is 23.7 Å². The highest BCUT2D eigenvalue weighted by atomic mass is 35.5. The zero-order chi connectivity index (χ0) is 21.3. The highest BCUT2D eigenvalue weighted by molar-refractivity contribution is 5.85. The molecule has 0 amide bonds. The summed E-state index contributed by atoms with van der Waals surface area (Å²) in [5.74, 6) is 1.92. The van der Waals surface area contributed by atoms with E-state index >= 15 is 0 Å². The number of benzene rings is 2. The van der Waals surface area contributed by atoms with Crippen molar-refractivity contribution < 1.29 is 4.57 Å². The molecule has 3 aromatic rings. The van der Waals surface area contributed by atoms with Crippen LogP contribution in [0, 0.1) is 0 Å². The molecule has 0 aliphatic heterocycles. The molecule has 1 heterocycles. The maximum atomic E-state index is 2.33. The van der Waals surface area contributed by atoms with E-state index in [1.165, 1.54) is 33.6 Å². The van der Waals surface area contributed by atoms with Crippen molar-refractivity contribution in [2.45, 2.75) is 79.1 Å². The lowest BCUT2D eigenvalue weighted by atomic mass is 9.92. The molecule has 2 aromatic carbocycles. The number of hydrogen-bond donors (Lipinski definition) is 0. The Morgan fingerprint density at radius 1 is 0.633 bits per heavy atom.